The molecule has 1 atom stereocenters. The molecule has 1 aliphatic heterocycles. The minimum absolute atomic E-state index is 0.103. The largest absolute Gasteiger partial charge is 0.405 e. The number of imidazole rings is 1. The number of aromatic nitrogens is 2. The molecule has 2 aromatic rings. The average molecular weight is 575 g/mol. The summed E-state index contributed by atoms with van der Waals surface area (Å²) >= 11 is 0. The summed E-state index contributed by atoms with van der Waals surface area (Å²) in [5.41, 5.74) is 8.04. The van der Waals surface area contributed by atoms with E-state index in [1.54, 1.807) is 48.5 Å². The number of aromatic amines is 1. The third-order valence-corrected chi connectivity index (χ3v) is 6.32. The highest BCUT2D eigenvalue weighted by molar-refractivity contribution is 6.01. The SMILES string of the molecule is CC(N=CC(=CN)/C(C=N)=C/c1ncc(-c2cccc(NC(=O)NCC(F)(F)F)c2)[nH]1)C(=O)N(C)C1CCOCC1. The number of H-pyrrole nitrogens is 1. The normalized spacial score (nSPS) is 15.9. The standard InChI is InChI=1S/C27H33F3N8O3/c1-17(25(39)38(2)22-6-8-41-9-7-22)33-14-20(13-32)19(12-31)11-24-34-15-23(37-24)18-4-3-5-21(10-18)36-26(40)35-16-27(28,29)30/h3-5,10-15,17,22,31H,6-9,16,32H2,1-2H3,(H,34,37)(H2,35,36,40)/b19-11+,20-13?,31-12?,33-14?. The van der Waals surface area contributed by atoms with Crippen molar-refractivity contribution in [2.24, 2.45) is 10.7 Å². The van der Waals surface area contributed by atoms with Crippen molar-refractivity contribution >= 4 is 36.1 Å². The van der Waals surface area contributed by atoms with E-state index in [4.69, 9.17) is 15.9 Å². The predicted octanol–water partition coefficient (Wildman–Crippen LogP) is 3.73. The highest BCUT2D eigenvalue weighted by atomic mass is 19.4. The van der Waals surface area contributed by atoms with E-state index < -0.39 is 24.8 Å². The van der Waals surface area contributed by atoms with E-state index in [0.717, 1.165) is 19.1 Å². The molecule has 3 amide bonds. The molecule has 1 aliphatic rings. The van der Waals surface area contributed by atoms with Crippen molar-refractivity contribution in [3.8, 4) is 11.3 Å². The van der Waals surface area contributed by atoms with Crippen molar-refractivity contribution in [3.63, 3.8) is 0 Å². The number of rotatable bonds is 10. The monoisotopic (exact) mass is 574 g/mol. The lowest BCUT2D eigenvalue weighted by Crippen LogP contribution is -2.44. The van der Waals surface area contributed by atoms with Gasteiger partial charge in [-0.05, 0) is 38.0 Å². The van der Waals surface area contributed by atoms with Gasteiger partial charge in [0.1, 0.15) is 18.4 Å². The molecule has 0 radical (unpaired) electrons. The average Bonchev–Trinajstić information content (AvgIpc) is 3.43. The molecule has 11 nitrogen and oxygen atoms in total. The molecular weight excluding hydrogens is 541 g/mol. The number of anilines is 1. The highest BCUT2D eigenvalue weighted by Gasteiger charge is 2.28. The van der Waals surface area contributed by atoms with Gasteiger partial charge in [0.05, 0.1) is 11.9 Å². The molecule has 14 heteroatoms. The molecule has 6 N–H and O–H groups in total. The number of nitrogens with one attached hydrogen (secondary N) is 4. The third-order valence-electron chi connectivity index (χ3n) is 6.32. The second kappa shape index (κ2) is 14.3. The number of nitrogens with zero attached hydrogens (tertiary/aromatic N) is 3. The van der Waals surface area contributed by atoms with Gasteiger partial charge in [0.15, 0.2) is 0 Å². The summed E-state index contributed by atoms with van der Waals surface area (Å²) in [5, 5.41) is 12.0. The highest BCUT2D eigenvalue weighted by Crippen LogP contribution is 2.22. The number of benzene rings is 1. The Morgan fingerprint density at radius 1 is 1.32 bits per heavy atom. The molecular formula is C27H33F3N8O3. The van der Waals surface area contributed by atoms with Crippen LogP contribution in [-0.4, -0.2) is 84.3 Å². The minimum Gasteiger partial charge on any atom is -0.404 e. The summed E-state index contributed by atoms with van der Waals surface area (Å²) in [6, 6.07) is 4.91. The van der Waals surface area contributed by atoms with Gasteiger partial charge in [-0.25, -0.2) is 9.78 Å². The van der Waals surface area contributed by atoms with Crippen LogP contribution in [-0.2, 0) is 9.53 Å². The quantitative estimate of drug-likeness (QED) is 0.215. The van der Waals surface area contributed by atoms with E-state index in [1.807, 2.05) is 0 Å². The van der Waals surface area contributed by atoms with E-state index in [0.29, 0.717) is 41.4 Å². The minimum atomic E-state index is -4.52. The van der Waals surface area contributed by atoms with Crippen LogP contribution in [0.3, 0.4) is 0 Å². The number of carbonyl (C=O) groups excluding carboxylic acids is 2. The van der Waals surface area contributed by atoms with E-state index in [1.165, 1.54) is 24.7 Å². The fourth-order valence-corrected chi connectivity index (χ4v) is 4.05. The number of urea groups is 1. The number of hydrogen-bond acceptors (Lipinski definition) is 7. The Labute approximate surface area is 235 Å². The van der Waals surface area contributed by atoms with E-state index in [2.05, 4.69) is 20.3 Å². The number of hydrogen-bond donors (Lipinski definition) is 5. The van der Waals surface area contributed by atoms with Crippen molar-refractivity contribution in [1.29, 1.82) is 5.41 Å². The number of amides is 3. The maximum absolute atomic E-state index is 12.8. The number of nitrogens with two attached hydrogens (primary N) is 1. The van der Waals surface area contributed by atoms with Crippen LogP contribution in [0.2, 0.25) is 0 Å². The zero-order valence-electron chi connectivity index (χ0n) is 22.7. The predicted molar refractivity (Wildman–Crippen MR) is 151 cm³/mol. The Balaban J connectivity index is 1.68. The van der Waals surface area contributed by atoms with Gasteiger partial charge in [-0.1, -0.05) is 12.1 Å². The van der Waals surface area contributed by atoms with Crippen LogP contribution in [0.15, 0.2) is 52.8 Å². The molecule has 1 aromatic carbocycles. The number of ether oxygens (including phenoxy) is 1. The first kappa shape index (κ1) is 31.1. The number of alkyl halides is 3. The topological polar surface area (TPSA) is 162 Å². The lowest BCUT2D eigenvalue weighted by molar-refractivity contribution is -0.134. The number of aliphatic imine (C=N–C) groups is 1. The molecule has 1 aromatic heterocycles. The van der Waals surface area contributed by atoms with Crippen LogP contribution in [0.4, 0.5) is 23.7 Å². The van der Waals surface area contributed by atoms with Gasteiger partial charge in [0.2, 0.25) is 5.91 Å². The Morgan fingerprint density at radius 3 is 2.71 bits per heavy atom. The zero-order valence-corrected chi connectivity index (χ0v) is 22.7. The molecule has 1 saturated heterocycles. The van der Waals surface area contributed by atoms with Crippen LogP contribution < -0.4 is 16.4 Å². The van der Waals surface area contributed by atoms with Crippen molar-refractivity contribution in [3.05, 3.63) is 53.6 Å². The van der Waals surface area contributed by atoms with Crippen LogP contribution in [0, 0.1) is 5.41 Å². The fraction of sp³-hybridized carbons (Fsp3) is 0.370. The van der Waals surface area contributed by atoms with Gasteiger partial charge in [-0.2, -0.15) is 13.2 Å². The van der Waals surface area contributed by atoms with Crippen LogP contribution in [0.25, 0.3) is 17.3 Å². The Hall–Kier alpha value is -4.46. The molecule has 0 bridgehead atoms. The molecule has 0 spiro atoms. The first-order valence-electron chi connectivity index (χ1n) is 12.8. The van der Waals surface area contributed by atoms with Crippen LogP contribution in [0.1, 0.15) is 25.6 Å². The number of carbonyl (C=O) groups is 2. The van der Waals surface area contributed by atoms with Crippen molar-refractivity contribution in [1.82, 2.24) is 20.2 Å². The summed E-state index contributed by atoms with van der Waals surface area (Å²) in [6.07, 6.45) is 3.95. The van der Waals surface area contributed by atoms with E-state index in [-0.39, 0.29) is 17.6 Å². The summed E-state index contributed by atoms with van der Waals surface area (Å²) in [4.78, 5) is 38.1. The number of allylic oxidation sites excluding steroid dienone is 2. The molecule has 3 rings (SSSR count). The molecule has 0 aliphatic carbocycles. The Morgan fingerprint density at radius 2 is 2.05 bits per heavy atom. The summed E-state index contributed by atoms with van der Waals surface area (Å²) in [5.74, 6) is 0.256. The Bertz CT molecular complexity index is 1310. The number of halogens is 3. The summed E-state index contributed by atoms with van der Waals surface area (Å²) < 4.78 is 42.3. The lowest BCUT2D eigenvalue weighted by atomic mass is 10.1. The van der Waals surface area contributed by atoms with Gasteiger partial charge in [-0.3, -0.25) is 9.79 Å². The fourth-order valence-electron chi connectivity index (χ4n) is 4.05. The summed E-state index contributed by atoms with van der Waals surface area (Å²) in [7, 11) is 1.76. The third kappa shape index (κ3) is 9.31. The van der Waals surface area contributed by atoms with E-state index >= 15 is 0 Å². The van der Waals surface area contributed by atoms with Crippen LogP contribution in [0.5, 0.6) is 0 Å². The smallest absolute Gasteiger partial charge is 0.404 e. The molecule has 1 unspecified atom stereocenters. The first-order valence-corrected chi connectivity index (χ1v) is 12.8. The zero-order chi connectivity index (χ0) is 30.0. The maximum atomic E-state index is 12.8. The maximum Gasteiger partial charge on any atom is 0.405 e. The molecule has 41 heavy (non-hydrogen) atoms. The van der Waals surface area contributed by atoms with E-state index in [9.17, 15) is 22.8 Å². The molecule has 0 saturated carbocycles. The van der Waals surface area contributed by atoms with Crippen molar-refractivity contribution in [2.75, 3.05) is 32.1 Å². The first-order chi connectivity index (χ1) is 19.5. The molecule has 1 fully saturated rings. The second-order valence-corrected chi connectivity index (χ2v) is 9.30. The van der Waals surface area contributed by atoms with Gasteiger partial charge in [0, 0.05) is 67.3 Å². The van der Waals surface area contributed by atoms with Gasteiger partial charge >= 0.3 is 12.2 Å². The van der Waals surface area contributed by atoms with Crippen molar-refractivity contribution < 1.29 is 27.5 Å². The van der Waals surface area contributed by atoms with Gasteiger partial charge < -0.3 is 36.4 Å². The number of likely N-dealkylation sites (N-methyl/N-ethyl adjacent to an activating group) is 1. The summed E-state index contributed by atoms with van der Waals surface area (Å²) in [6.45, 7) is 1.48. The lowest BCUT2D eigenvalue weighted by Gasteiger charge is -2.32. The van der Waals surface area contributed by atoms with Crippen molar-refractivity contribution in [2.45, 2.75) is 38.0 Å². The molecule has 220 valence electrons. The van der Waals surface area contributed by atoms with Crippen LogP contribution >= 0.6 is 0 Å². The second-order valence-electron chi connectivity index (χ2n) is 9.30. The Kier molecular flexibility index (Phi) is 10.8. The molecule has 2 heterocycles. The van der Waals surface area contributed by atoms with Gasteiger partial charge in [-0.15, -0.1) is 0 Å². The van der Waals surface area contributed by atoms with Gasteiger partial charge in [0.25, 0.3) is 0 Å².